The fraction of sp³-hybridized carbons (Fsp3) is 0.0625. The molecular weight excluding hydrogens is 258 g/mol. The van der Waals surface area contributed by atoms with Gasteiger partial charge in [-0.3, -0.25) is 0 Å². The molecule has 0 bridgehead atoms. The van der Waals surface area contributed by atoms with E-state index in [0.717, 1.165) is 16.6 Å². The Morgan fingerprint density at radius 1 is 1.11 bits per heavy atom. The number of benzene rings is 2. The molecule has 0 aliphatic carbocycles. The topological polar surface area (TPSA) is 22.1 Å². The number of para-hydroxylation sites is 1. The molecular formula is C16H11ClNO. The van der Waals surface area contributed by atoms with Gasteiger partial charge in [0.15, 0.2) is 0 Å². The van der Waals surface area contributed by atoms with Crippen LogP contribution >= 0.6 is 11.6 Å². The number of fused-ring (bicyclic) bond motifs is 1. The molecule has 93 valence electrons. The van der Waals surface area contributed by atoms with Crippen molar-refractivity contribution in [3.8, 4) is 5.75 Å². The van der Waals surface area contributed by atoms with Crippen molar-refractivity contribution >= 4 is 22.5 Å². The summed E-state index contributed by atoms with van der Waals surface area (Å²) in [6.07, 6.45) is 0. The number of pyridine rings is 1. The van der Waals surface area contributed by atoms with E-state index >= 15 is 0 Å². The third kappa shape index (κ3) is 2.69. The summed E-state index contributed by atoms with van der Waals surface area (Å²) >= 11 is 6.02. The van der Waals surface area contributed by atoms with Crippen molar-refractivity contribution in [1.29, 1.82) is 0 Å². The molecule has 0 saturated heterocycles. The van der Waals surface area contributed by atoms with E-state index in [1.807, 2.05) is 36.4 Å². The second-order valence-corrected chi connectivity index (χ2v) is 4.55. The highest BCUT2D eigenvalue weighted by atomic mass is 35.5. The van der Waals surface area contributed by atoms with Gasteiger partial charge in [0.1, 0.15) is 12.4 Å². The maximum absolute atomic E-state index is 6.02. The summed E-state index contributed by atoms with van der Waals surface area (Å²) in [4.78, 5) is 4.54. The Balaban J connectivity index is 1.80. The van der Waals surface area contributed by atoms with Crippen molar-refractivity contribution in [2.24, 2.45) is 0 Å². The zero-order chi connectivity index (χ0) is 13.1. The standard InChI is InChI=1S/C16H11ClNO/c17-14-6-2-4-8-16(14)19-11-13-10-9-12-5-1-3-7-15(12)18-13/h1-3,5-10H,11H2. The van der Waals surface area contributed by atoms with Crippen molar-refractivity contribution < 1.29 is 4.74 Å². The van der Waals surface area contributed by atoms with Gasteiger partial charge in [0, 0.05) is 5.39 Å². The third-order valence-electron chi connectivity index (χ3n) is 2.81. The number of nitrogens with zero attached hydrogens (tertiary/aromatic N) is 1. The highest BCUT2D eigenvalue weighted by Gasteiger charge is 2.02. The van der Waals surface area contributed by atoms with E-state index in [9.17, 15) is 0 Å². The lowest BCUT2D eigenvalue weighted by atomic mass is 10.2. The first kappa shape index (κ1) is 12.0. The second-order valence-electron chi connectivity index (χ2n) is 4.14. The fourth-order valence-corrected chi connectivity index (χ4v) is 2.02. The number of aromatic nitrogens is 1. The molecule has 0 saturated carbocycles. The molecule has 3 heteroatoms. The summed E-state index contributed by atoms with van der Waals surface area (Å²) in [5.74, 6) is 0.624. The first-order valence-corrected chi connectivity index (χ1v) is 6.34. The molecule has 0 amide bonds. The van der Waals surface area contributed by atoms with Crippen LogP contribution in [-0.4, -0.2) is 4.98 Å². The quantitative estimate of drug-likeness (QED) is 0.708. The average molecular weight is 269 g/mol. The van der Waals surface area contributed by atoms with Gasteiger partial charge in [-0.1, -0.05) is 41.9 Å². The molecule has 1 heterocycles. The Hall–Kier alpha value is -2.06. The van der Waals surface area contributed by atoms with Crippen LogP contribution in [0.4, 0.5) is 0 Å². The van der Waals surface area contributed by atoms with Gasteiger partial charge >= 0.3 is 0 Å². The monoisotopic (exact) mass is 268 g/mol. The highest BCUT2D eigenvalue weighted by molar-refractivity contribution is 6.32. The molecule has 0 N–H and O–H groups in total. The van der Waals surface area contributed by atoms with Crippen LogP contribution in [0.3, 0.4) is 0 Å². The van der Waals surface area contributed by atoms with Crippen LogP contribution in [0.1, 0.15) is 5.69 Å². The summed E-state index contributed by atoms with van der Waals surface area (Å²) < 4.78 is 5.65. The number of halogens is 1. The summed E-state index contributed by atoms with van der Waals surface area (Å²) in [5, 5.41) is 1.71. The van der Waals surface area contributed by atoms with Crippen LogP contribution in [0, 0.1) is 6.07 Å². The van der Waals surface area contributed by atoms with E-state index in [-0.39, 0.29) is 0 Å². The lowest BCUT2D eigenvalue weighted by Crippen LogP contribution is -1.98. The minimum Gasteiger partial charge on any atom is -0.486 e. The van der Waals surface area contributed by atoms with Crippen LogP contribution in [0.2, 0.25) is 5.02 Å². The maximum atomic E-state index is 6.02. The summed E-state index contributed by atoms with van der Waals surface area (Å²) in [5.41, 5.74) is 1.84. The SMILES string of the molecule is Clc1cc[c]cc1OCc1ccc2ccccc2n1. The van der Waals surface area contributed by atoms with Gasteiger partial charge in [0.05, 0.1) is 16.2 Å². The molecule has 0 spiro atoms. The predicted octanol–water partition coefficient (Wildman–Crippen LogP) is 4.27. The zero-order valence-electron chi connectivity index (χ0n) is 10.1. The largest absolute Gasteiger partial charge is 0.486 e. The summed E-state index contributed by atoms with van der Waals surface area (Å²) in [7, 11) is 0. The second kappa shape index (κ2) is 5.29. The molecule has 3 rings (SSSR count). The molecule has 0 aliphatic rings. The van der Waals surface area contributed by atoms with Gasteiger partial charge in [-0.25, -0.2) is 4.98 Å². The molecule has 0 fully saturated rings. The predicted molar refractivity (Wildman–Crippen MR) is 76.4 cm³/mol. The highest BCUT2D eigenvalue weighted by Crippen LogP contribution is 2.23. The van der Waals surface area contributed by atoms with Crippen molar-refractivity contribution in [2.45, 2.75) is 6.61 Å². The number of rotatable bonds is 3. The third-order valence-corrected chi connectivity index (χ3v) is 3.12. The molecule has 0 unspecified atom stereocenters. The average Bonchev–Trinajstić information content (AvgIpc) is 2.46. The number of hydrogen-bond donors (Lipinski definition) is 0. The van der Waals surface area contributed by atoms with E-state index in [1.54, 1.807) is 18.2 Å². The van der Waals surface area contributed by atoms with Crippen molar-refractivity contribution in [2.75, 3.05) is 0 Å². The summed E-state index contributed by atoms with van der Waals surface area (Å²) in [6.45, 7) is 0.391. The molecule has 0 aliphatic heterocycles. The molecule has 3 aromatic rings. The van der Waals surface area contributed by atoms with Crippen LogP contribution in [0.25, 0.3) is 10.9 Å². The first-order chi connectivity index (χ1) is 9.33. The van der Waals surface area contributed by atoms with Crippen LogP contribution in [0.15, 0.2) is 54.6 Å². The smallest absolute Gasteiger partial charge is 0.139 e. The van der Waals surface area contributed by atoms with E-state index < -0.39 is 0 Å². The molecule has 1 radical (unpaired) electrons. The van der Waals surface area contributed by atoms with Gasteiger partial charge in [-0.15, -0.1) is 0 Å². The van der Waals surface area contributed by atoms with Crippen LogP contribution in [-0.2, 0) is 6.61 Å². The Morgan fingerprint density at radius 3 is 2.89 bits per heavy atom. The van der Waals surface area contributed by atoms with E-state index in [4.69, 9.17) is 16.3 Å². The molecule has 0 atom stereocenters. The first-order valence-electron chi connectivity index (χ1n) is 5.96. The van der Waals surface area contributed by atoms with E-state index in [1.165, 1.54) is 0 Å². The number of ether oxygens (including phenoxy) is 1. The minimum atomic E-state index is 0.391. The van der Waals surface area contributed by atoms with Crippen LogP contribution < -0.4 is 4.74 Å². The molecule has 2 nitrogen and oxygen atoms in total. The van der Waals surface area contributed by atoms with Crippen molar-refractivity contribution in [3.05, 3.63) is 71.4 Å². The molecule has 19 heavy (non-hydrogen) atoms. The zero-order valence-corrected chi connectivity index (χ0v) is 10.9. The Labute approximate surface area is 116 Å². The normalized spacial score (nSPS) is 10.6. The number of hydrogen-bond acceptors (Lipinski definition) is 2. The van der Waals surface area contributed by atoms with Crippen molar-refractivity contribution in [1.82, 2.24) is 4.98 Å². The van der Waals surface area contributed by atoms with Gasteiger partial charge < -0.3 is 4.74 Å². The van der Waals surface area contributed by atoms with E-state index in [0.29, 0.717) is 17.4 Å². The lowest BCUT2D eigenvalue weighted by molar-refractivity contribution is 0.302. The fourth-order valence-electron chi connectivity index (χ4n) is 1.85. The van der Waals surface area contributed by atoms with E-state index in [2.05, 4.69) is 11.1 Å². The van der Waals surface area contributed by atoms with Crippen molar-refractivity contribution in [3.63, 3.8) is 0 Å². The van der Waals surface area contributed by atoms with Gasteiger partial charge in [-0.05, 0) is 30.3 Å². The van der Waals surface area contributed by atoms with Gasteiger partial charge in [0.25, 0.3) is 0 Å². The van der Waals surface area contributed by atoms with Crippen LogP contribution in [0.5, 0.6) is 5.75 Å². The molecule has 1 aromatic heterocycles. The Morgan fingerprint density at radius 2 is 2.00 bits per heavy atom. The Kier molecular flexibility index (Phi) is 3.34. The van der Waals surface area contributed by atoms with Gasteiger partial charge in [0.2, 0.25) is 0 Å². The Bertz CT molecular complexity index is 712. The molecule has 2 aromatic carbocycles. The summed E-state index contributed by atoms with van der Waals surface area (Å²) in [6, 6.07) is 20.2. The maximum Gasteiger partial charge on any atom is 0.139 e. The minimum absolute atomic E-state index is 0.391. The lowest BCUT2D eigenvalue weighted by Gasteiger charge is -2.07. The van der Waals surface area contributed by atoms with Gasteiger partial charge in [-0.2, -0.15) is 0 Å².